The summed E-state index contributed by atoms with van der Waals surface area (Å²) in [4.78, 5) is 2.52. The zero-order chi connectivity index (χ0) is 14.6. The highest BCUT2D eigenvalue weighted by Gasteiger charge is 2.26. The summed E-state index contributed by atoms with van der Waals surface area (Å²) >= 11 is 0. The van der Waals surface area contributed by atoms with E-state index < -0.39 is 10.0 Å². The number of hydrogen-bond donors (Lipinski definition) is 2. The second-order valence-corrected chi connectivity index (χ2v) is 6.82. The molecule has 1 aliphatic heterocycles. The fourth-order valence-corrected chi connectivity index (χ4v) is 3.83. The third-order valence-corrected chi connectivity index (χ3v) is 5.14. The van der Waals surface area contributed by atoms with Gasteiger partial charge in [-0.3, -0.25) is 0 Å². The van der Waals surface area contributed by atoms with Crippen molar-refractivity contribution in [3.8, 4) is 0 Å². The van der Waals surface area contributed by atoms with Gasteiger partial charge in [0.15, 0.2) is 0 Å². The zero-order valence-electron chi connectivity index (χ0n) is 12.1. The van der Waals surface area contributed by atoms with Crippen LogP contribution < -0.4 is 14.9 Å². The van der Waals surface area contributed by atoms with Crippen LogP contribution >= 0.6 is 0 Å². The molecule has 0 aromatic heterocycles. The molecule has 1 aromatic carbocycles. The molecule has 2 rings (SSSR count). The Morgan fingerprint density at radius 2 is 2.10 bits per heavy atom. The molecule has 20 heavy (non-hydrogen) atoms. The lowest BCUT2D eigenvalue weighted by Gasteiger charge is -2.22. The van der Waals surface area contributed by atoms with E-state index in [4.69, 9.17) is 0 Å². The van der Waals surface area contributed by atoms with Crippen LogP contribution in [-0.2, 0) is 10.0 Å². The second-order valence-electron chi connectivity index (χ2n) is 5.09. The SMILES string of the molecule is CCCNS(=O)(=O)c1ccccc1N1CCC(NC)C1. The van der Waals surface area contributed by atoms with Gasteiger partial charge in [0.2, 0.25) is 10.0 Å². The van der Waals surface area contributed by atoms with Crippen molar-refractivity contribution in [2.24, 2.45) is 0 Å². The largest absolute Gasteiger partial charge is 0.369 e. The number of sulfonamides is 1. The van der Waals surface area contributed by atoms with Crippen molar-refractivity contribution in [2.75, 3.05) is 31.6 Å². The van der Waals surface area contributed by atoms with Crippen LogP contribution in [0.1, 0.15) is 19.8 Å². The van der Waals surface area contributed by atoms with Gasteiger partial charge < -0.3 is 10.2 Å². The third kappa shape index (κ3) is 3.31. The number of nitrogens with zero attached hydrogens (tertiary/aromatic N) is 1. The standard InChI is InChI=1S/C14H23N3O2S/c1-3-9-16-20(18,19)14-7-5-4-6-13(14)17-10-8-12(11-17)15-2/h4-7,12,15-16H,3,8-11H2,1-2H3. The highest BCUT2D eigenvalue weighted by molar-refractivity contribution is 7.89. The van der Waals surface area contributed by atoms with Crippen LogP contribution in [-0.4, -0.2) is 41.1 Å². The molecular formula is C14H23N3O2S. The molecule has 1 heterocycles. The lowest BCUT2D eigenvalue weighted by molar-refractivity contribution is 0.580. The second kappa shape index (κ2) is 6.56. The molecule has 0 bridgehead atoms. The average molecular weight is 297 g/mol. The number of nitrogens with one attached hydrogen (secondary N) is 2. The van der Waals surface area contributed by atoms with Crippen LogP contribution in [0.3, 0.4) is 0 Å². The summed E-state index contributed by atoms with van der Waals surface area (Å²) in [6, 6.07) is 7.66. The Bertz CT molecular complexity index is 545. The average Bonchev–Trinajstić information content (AvgIpc) is 2.94. The third-order valence-electron chi connectivity index (χ3n) is 3.63. The molecule has 1 fully saturated rings. The van der Waals surface area contributed by atoms with Crippen molar-refractivity contribution in [3.63, 3.8) is 0 Å². The van der Waals surface area contributed by atoms with Crippen LogP contribution in [0.25, 0.3) is 0 Å². The fraction of sp³-hybridized carbons (Fsp3) is 0.571. The molecule has 5 nitrogen and oxygen atoms in total. The van der Waals surface area contributed by atoms with E-state index in [2.05, 4.69) is 14.9 Å². The topological polar surface area (TPSA) is 61.4 Å². The first kappa shape index (κ1) is 15.3. The van der Waals surface area contributed by atoms with Gasteiger partial charge in [-0.2, -0.15) is 0 Å². The molecule has 112 valence electrons. The number of hydrogen-bond acceptors (Lipinski definition) is 4. The van der Waals surface area contributed by atoms with Gasteiger partial charge in [-0.1, -0.05) is 19.1 Å². The van der Waals surface area contributed by atoms with Crippen molar-refractivity contribution in [1.29, 1.82) is 0 Å². The van der Waals surface area contributed by atoms with Crippen LogP contribution in [0.15, 0.2) is 29.2 Å². The maximum absolute atomic E-state index is 12.4. The van der Waals surface area contributed by atoms with E-state index in [1.165, 1.54) is 0 Å². The summed E-state index contributed by atoms with van der Waals surface area (Å²) in [6.07, 6.45) is 1.82. The normalized spacial score (nSPS) is 19.5. The molecule has 0 amide bonds. The Balaban J connectivity index is 2.27. The van der Waals surface area contributed by atoms with Crippen LogP contribution in [0.2, 0.25) is 0 Å². The summed E-state index contributed by atoms with van der Waals surface area (Å²) in [5, 5.41) is 3.25. The summed E-state index contributed by atoms with van der Waals surface area (Å²) < 4.78 is 27.4. The maximum Gasteiger partial charge on any atom is 0.242 e. The number of para-hydroxylation sites is 1. The summed E-state index contributed by atoms with van der Waals surface area (Å²) in [6.45, 7) is 4.14. The molecule has 1 aromatic rings. The lowest BCUT2D eigenvalue weighted by Crippen LogP contribution is -2.31. The number of benzene rings is 1. The van der Waals surface area contributed by atoms with Gasteiger partial charge >= 0.3 is 0 Å². The number of anilines is 1. The van der Waals surface area contributed by atoms with Crippen molar-refractivity contribution in [1.82, 2.24) is 10.0 Å². The molecule has 1 aliphatic rings. The molecule has 0 aliphatic carbocycles. The predicted molar refractivity (Wildman–Crippen MR) is 81.6 cm³/mol. The first-order valence-corrected chi connectivity index (χ1v) is 8.57. The molecule has 1 atom stereocenters. The molecule has 0 saturated carbocycles. The maximum atomic E-state index is 12.4. The Hall–Kier alpha value is -1.11. The minimum Gasteiger partial charge on any atom is -0.369 e. The van der Waals surface area contributed by atoms with E-state index in [-0.39, 0.29) is 0 Å². The number of likely N-dealkylation sites (N-methyl/N-ethyl adjacent to an activating group) is 1. The number of rotatable bonds is 6. The summed E-state index contributed by atoms with van der Waals surface area (Å²) in [5.74, 6) is 0. The van der Waals surface area contributed by atoms with Crippen LogP contribution in [0, 0.1) is 0 Å². The van der Waals surface area contributed by atoms with E-state index in [0.29, 0.717) is 17.5 Å². The van der Waals surface area contributed by atoms with Gasteiger partial charge in [0, 0.05) is 25.7 Å². The molecule has 1 unspecified atom stereocenters. The van der Waals surface area contributed by atoms with Gasteiger partial charge in [-0.15, -0.1) is 0 Å². The zero-order valence-corrected chi connectivity index (χ0v) is 12.9. The van der Waals surface area contributed by atoms with E-state index >= 15 is 0 Å². The molecule has 2 N–H and O–H groups in total. The summed E-state index contributed by atoms with van der Waals surface area (Å²) in [7, 11) is -1.48. The molecule has 1 saturated heterocycles. The van der Waals surface area contributed by atoms with Gasteiger partial charge in [-0.05, 0) is 32.0 Å². The van der Waals surface area contributed by atoms with Gasteiger partial charge in [0.05, 0.1) is 5.69 Å². The van der Waals surface area contributed by atoms with Crippen molar-refractivity contribution in [2.45, 2.75) is 30.7 Å². The van der Waals surface area contributed by atoms with Gasteiger partial charge in [0.1, 0.15) is 4.90 Å². The van der Waals surface area contributed by atoms with E-state index in [1.807, 2.05) is 26.1 Å². The molecular weight excluding hydrogens is 274 g/mol. The Morgan fingerprint density at radius 3 is 2.75 bits per heavy atom. The smallest absolute Gasteiger partial charge is 0.242 e. The molecule has 0 spiro atoms. The molecule has 6 heteroatoms. The fourth-order valence-electron chi connectivity index (χ4n) is 2.47. The Kier molecular flexibility index (Phi) is 5.01. The quantitative estimate of drug-likeness (QED) is 0.827. The lowest BCUT2D eigenvalue weighted by atomic mass is 10.3. The van der Waals surface area contributed by atoms with E-state index in [0.717, 1.165) is 31.6 Å². The Labute approximate surface area is 121 Å². The van der Waals surface area contributed by atoms with Gasteiger partial charge in [0.25, 0.3) is 0 Å². The minimum absolute atomic E-state index is 0.380. The highest BCUT2D eigenvalue weighted by Crippen LogP contribution is 2.27. The monoisotopic (exact) mass is 297 g/mol. The summed E-state index contributed by atoms with van der Waals surface area (Å²) in [5.41, 5.74) is 0.800. The molecule has 0 radical (unpaired) electrons. The Morgan fingerprint density at radius 1 is 1.35 bits per heavy atom. The van der Waals surface area contributed by atoms with Crippen LogP contribution in [0.4, 0.5) is 5.69 Å². The van der Waals surface area contributed by atoms with Crippen molar-refractivity contribution in [3.05, 3.63) is 24.3 Å². The first-order chi connectivity index (χ1) is 9.58. The minimum atomic E-state index is -3.43. The van der Waals surface area contributed by atoms with Crippen LogP contribution in [0.5, 0.6) is 0 Å². The highest BCUT2D eigenvalue weighted by atomic mass is 32.2. The first-order valence-electron chi connectivity index (χ1n) is 7.09. The van der Waals surface area contributed by atoms with Crippen molar-refractivity contribution < 1.29 is 8.42 Å². The van der Waals surface area contributed by atoms with Gasteiger partial charge in [-0.25, -0.2) is 13.1 Å². The van der Waals surface area contributed by atoms with E-state index in [9.17, 15) is 8.42 Å². The van der Waals surface area contributed by atoms with E-state index in [1.54, 1.807) is 12.1 Å². The van der Waals surface area contributed by atoms with Crippen molar-refractivity contribution >= 4 is 15.7 Å². The predicted octanol–water partition coefficient (Wildman–Crippen LogP) is 1.17.